The lowest BCUT2D eigenvalue weighted by atomic mass is 9.91. The van der Waals surface area contributed by atoms with Crippen LogP contribution in [0.1, 0.15) is 30.2 Å². The fourth-order valence-corrected chi connectivity index (χ4v) is 4.80. The Kier molecular flexibility index (Phi) is 5.07. The Labute approximate surface area is 162 Å². The van der Waals surface area contributed by atoms with Crippen molar-refractivity contribution in [1.82, 2.24) is 9.88 Å². The molecule has 2 aromatic rings. The molecule has 7 heteroatoms. The molecule has 1 aromatic carbocycles. The molecule has 1 aromatic heterocycles. The Morgan fingerprint density at radius 2 is 1.86 bits per heavy atom. The molecule has 0 bridgehead atoms. The zero-order valence-electron chi connectivity index (χ0n) is 15.4. The highest BCUT2D eigenvalue weighted by Crippen LogP contribution is 2.45. The van der Waals surface area contributed by atoms with Gasteiger partial charge in [0, 0.05) is 32.1 Å². The minimum atomic E-state index is -0.975. The molecule has 1 aliphatic carbocycles. The van der Waals surface area contributed by atoms with Gasteiger partial charge < -0.3 is 15.3 Å². The molecule has 5 nitrogen and oxygen atoms in total. The summed E-state index contributed by atoms with van der Waals surface area (Å²) in [5.41, 5.74) is -0.121. The molecule has 1 aliphatic heterocycles. The fraction of sp³-hybridized carbons (Fsp3) is 0.476. The number of aromatic nitrogens is 1. The number of β-amino-alcohol motifs (C(OH)–C–C–N with tert-alkyl or cyclic N) is 1. The SMILES string of the molecule is Oc1ccc(C(O)CN2CC3CC(O)(Cc4ccc(F)cc4F)CC3C2)nc1. The van der Waals surface area contributed by atoms with Gasteiger partial charge in [-0.15, -0.1) is 0 Å². The van der Waals surface area contributed by atoms with Crippen molar-refractivity contribution in [2.24, 2.45) is 11.8 Å². The van der Waals surface area contributed by atoms with Crippen molar-refractivity contribution < 1.29 is 24.1 Å². The Balaban J connectivity index is 1.34. The van der Waals surface area contributed by atoms with Gasteiger partial charge in [-0.1, -0.05) is 6.07 Å². The molecule has 1 saturated heterocycles. The minimum absolute atomic E-state index is 0.0588. The highest BCUT2D eigenvalue weighted by molar-refractivity contribution is 5.22. The molecule has 150 valence electrons. The molecular formula is C21H24F2N2O3. The van der Waals surface area contributed by atoms with Crippen LogP contribution in [-0.4, -0.2) is 50.4 Å². The Morgan fingerprint density at radius 3 is 2.46 bits per heavy atom. The lowest BCUT2D eigenvalue weighted by molar-refractivity contribution is 0.0319. The zero-order chi connectivity index (χ0) is 19.9. The molecule has 4 rings (SSSR count). The van der Waals surface area contributed by atoms with E-state index >= 15 is 0 Å². The Morgan fingerprint density at radius 1 is 1.14 bits per heavy atom. The number of fused-ring (bicyclic) bond motifs is 1. The monoisotopic (exact) mass is 390 g/mol. The van der Waals surface area contributed by atoms with E-state index < -0.39 is 23.3 Å². The maximum absolute atomic E-state index is 13.9. The maximum Gasteiger partial charge on any atom is 0.133 e. The zero-order valence-corrected chi connectivity index (χ0v) is 15.4. The highest BCUT2D eigenvalue weighted by Gasteiger charge is 2.48. The third-order valence-electron chi connectivity index (χ3n) is 6.01. The van der Waals surface area contributed by atoms with Crippen LogP contribution in [0.25, 0.3) is 0 Å². The molecule has 3 atom stereocenters. The number of aliphatic hydroxyl groups excluding tert-OH is 1. The van der Waals surface area contributed by atoms with Gasteiger partial charge in [0.15, 0.2) is 0 Å². The van der Waals surface area contributed by atoms with Crippen LogP contribution in [0, 0.1) is 23.5 Å². The van der Waals surface area contributed by atoms with E-state index in [9.17, 15) is 24.1 Å². The van der Waals surface area contributed by atoms with Gasteiger partial charge in [-0.3, -0.25) is 9.88 Å². The van der Waals surface area contributed by atoms with E-state index in [1.165, 1.54) is 24.4 Å². The van der Waals surface area contributed by atoms with Crippen molar-refractivity contribution in [3.8, 4) is 5.75 Å². The second kappa shape index (κ2) is 7.39. The number of likely N-dealkylation sites (tertiary alicyclic amines) is 1. The highest BCUT2D eigenvalue weighted by atomic mass is 19.1. The molecule has 2 aliphatic rings. The maximum atomic E-state index is 13.9. The van der Waals surface area contributed by atoms with Gasteiger partial charge in [-0.05, 0) is 48.4 Å². The topological polar surface area (TPSA) is 76.8 Å². The van der Waals surface area contributed by atoms with Crippen LogP contribution in [0.15, 0.2) is 36.5 Å². The summed E-state index contributed by atoms with van der Waals surface area (Å²) < 4.78 is 27.0. The van der Waals surface area contributed by atoms with E-state index in [0.717, 1.165) is 19.2 Å². The summed E-state index contributed by atoms with van der Waals surface area (Å²) in [5, 5.41) is 30.6. The summed E-state index contributed by atoms with van der Waals surface area (Å²) in [5.74, 6) is -0.601. The Bertz CT molecular complexity index is 832. The lowest BCUT2D eigenvalue weighted by Gasteiger charge is -2.27. The first-order valence-electron chi connectivity index (χ1n) is 9.53. The number of benzene rings is 1. The first-order chi connectivity index (χ1) is 13.3. The van der Waals surface area contributed by atoms with Crippen molar-refractivity contribution in [1.29, 1.82) is 0 Å². The quantitative estimate of drug-likeness (QED) is 0.731. The molecule has 0 radical (unpaired) electrons. The van der Waals surface area contributed by atoms with Gasteiger partial charge in [0.05, 0.1) is 17.5 Å². The lowest BCUT2D eigenvalue weighted by Crippen LogP contribution is -2.33. The molecule has 2 fully saturated rings. The van der Waals surface area contributed by atoms with Gasteiger partial charge in [0.1, 0.15) is 23.5 Å². The summed E-state index contributed by atoms with van der Waals surface area (Å²) in [6, 6.07) is 6.59. The van der Waals surface area contributed by atoms with Crippen LogP contribution in [0.3, 0.4) is 0 Å². The van der Waals surface area contributed by atoms with Gasteiger partial charge in [0.25, 0.3) is 0 Å². The summed E-state index contributed by atoms with van der Waals surface area (Å²) in [6.45, 7) is 1.96. The number of hydrogen-bond acceptors (Lipinski definition) is 5. The summed E-state index contributed by atoms with van der Waals surface area (Å²) in [6.07, 6.45) is 1.89. The minimum Gasteiger partial charge on any atom is -0.506 e. The normalized spacial score (nSPS) is 28.4. The van der Waals surface area contributed by atoms with E-state index in [0.29, 0.717) is 30.6 Å². The van der Waals surface area contributed by atoms with Gasteiger partial charge in [-0.2, -0.15) is 0 Å². The molecular weight excluding hydrogens is 366 g/mol. The first-order valence-corrected chi connectivity index (χ1v) is 9.53. The molecule has 2 heterocycles. The summed E-state index contributed by atoms with van der Waals surface area (Å²) in [7, 11) is 0. The van der Waals surface area contributed by atoms with Crippen molar-refractivity contribution in [3.05, 3.63) is 59.4 Å². The van der Waals surface area contributed by atoms with Crippen LogP contribution in [0.5, 0.6) is 5.75 Å². The number of aromatic hydroxyl groups is 1. The fourth-order valence-electron chi connectivity index (χ4n) is 4.80. The van der Waals surface area contributed by atoms with Crippen LogP contribution in [0.4, 0.5) is 8.78 Å². The van der Waals surface area contributed by atoms with E-state index in [2.05, 4.69) is 9.88 Å². The Hall–Kier alpha value is -2.09. The largest absolute Gasteiger partial charge is 0.506 e. The van der Waals surface area contributed by atoms with Crippen LogP contribution in [0.2, 0.25) is 0 Å². The van der Waals surface area contributed by atoms with Crippen molar-refractivity contribution in [2.75, 3.05) is 19.6 Å². The van der Waals surface area contributed by atoms with E-state index in [1.54, 1.807) is 6.07 Å². The molecule has 3 unspecified atom stereocenters. The molecule has 0 amide bonds. The average molecular weight is 390 g/mol. The number of aliphatic hydroxyl groups is 2. The second-order valence-corrected chi connectivity index (χ2v) is 8.24. The average Bonchev–Trinajstić information content (AvgIpc) is 3.12. The van der Waals surface area contributed by atoms with Crippen LogP contribution < -0.4 is 0 Å². The predicted molar refractivity (Wildman–Crippen MR) is 98.5 cm³/mol. The molecule has 1 saturated carbocycles. The van der Waals surface area contributed by atoms with Gasteiger partial charge in [0.2, 0.25) is 0 Å². The third kappa shape index (κ3) is 4.01. The predicted octanol–water partition coefficient (Wildman–Crippen LogP) is 2.41. The van der Waals surface area contributed by atoms with Crippen molar-refractivity contribution >= 4 is 0 Å². The van der Waals surface area contributed by atoms with Gasteiger partial charge in [-0.25, -0.2) is 8.78 Å². The molecule has 28 heavy (non-hydrogen) atoms. The van der Waals surface area contributed by atoms with Crippen molar-refractivity contribution in [3.63, 3.8) is 0 Å². The van der Waals surface area contributed by atoms with Crippen LogP contribution >= 0.6 is 0 Å². The number of halogens is 2. The summed E-state index contributed by atoms with van der Waals surface area (Å²) in [4.78, 5) is 6.21. The number of pyridine rings is 1. The summed E-state index contributed by atoms with van der Waals surface area (Å²) >= 11 is 0. The molecule has 0 spiro atoms. The smallest absolute Gasteiger partial charge is 0.133 e. The van der Waals surface area contributed by atoms with E-state index in [4.69, 9.17) is 0 Å². The molecule has 3 N–H and O–H groups in total. The third-order valence-corrected chi connectivity index (χ3v) is 6.01. The first kappa shape index (κ1) is 19.2. The van der Waals surface area contributed by atoms with Crippen LogP contribution in [-0.2, 0) is 6.42 Å². The number of hydrogen-bond donors (Lipinski definition) is 3. The number of rotatable bonds is 5. The van der Waals surface area contributed by atoms with Gasteiger partial charge >= 0.3 is 0 Å². The standard InChI is InChI=1S/C21H24F2N2O3/c22-16-2-1-13(18(23)5-16)6-21(28)7-14-10-25(11-15(14)8-21)12-20(27)19-4-3-17(26)9-24-19/h1-5,9,14-15,20,26-28H,6-8,10-12H2. The number of nitrogens with zero attached hydrogens (tertiary/aromatic N) is 2. The second-order valence-electron chi connectivity index (χ2n) is 8.24. The van der Waals surface area contributed by atoms with E-state index in [1.807, 2.05) is 0 Å². The van der Waals surface area contributed by atoms with Crippen molar-refractivity contribution in [2.45, 2.75) is 31.0 Å². The van der Waals surface area contributed by atoms with E-state index in [-0.39, 0.29) is 24.0 Å².